The Bertz CT molecular complexity index is 727. The fourth-order valence-electron chi connectivity index (χ4n) is 1.91. The van der Waals surface area contributed by atoms with Gasteiger partial charge in [0.25, 0.3) is 10.0 Å². The zero-order valence-corrected chi connectivity index (χ0v) is 12.2. The van der Waals surface area contributed by atoms with Gasteiger partial charge >= 0.3 is 0 Å². The van der Waals surface area contributed by atoms with Gasteiger partial charge in [-0.3, -0.25) is 9.71 Å². The molecule has 0 fully saturated rings. The highest BCUT2D eigenvalue weighted by molar-refractivity contribution is 7.92. The molecule has 0 amide bonds. The molecule has 2 rings (SSSR count). The third-order valence-corrected chi connectivity index (χ3v) is 4.46. The van der Waals surface area contributed by atoms with Gasteiger partial charge in [-0.1, -0.05) is 13.0 Å². The summed E-state index contributed by atoms with van der Waals surface area (Å²) in [7, 11) is -3.67. The summed E-state index contributed by atoms with van der Waals surface area (Å²) in [5.74, 6) is 0. The van der Waals surface area contributed by atoms with Crippen LogP contribution in [-0.2, 0) is 16.4 Å². The molecule has 106 valence electrons. The Hall–Kier alpha value is -2.08. The molecule has 3 N–H and O–H groups in total. The van der Waals surface area contributed by atoms with Crippen molar-refractivity contribution in [1.29, 1.82) is 0 Å². The van der Waals surface area contributed by atoms with E-state index in [4.69, 9.17) is 5.73 Å². The smallest absolute Gasteiger partial charge is 0.262 e. The summed E-state index contributed by atoms with van der Waals surface area (Å²) in [5, 5.41) is 0. The highest BCUT2D eigenvalue weighted by Gasteiger charge is 2.19. The number of rotatable bonds is 4. The van der Waals surface area contributed by atoms with Crippen LogP contribution >= 0.6 is 0 Å². The van der Waals surface area contributed by atoms with Crippen LogP contribution in [0.4, 0.5) is 11.4 Å². The van der Waals surface area contributed by atoms with Crippen LogP contribution < -0.4 is 10.5 Å². The number of benzene rings is 1. The van der Waals surface area contributed by atoms with E-state index in [0.29, 0.717) is 23.5 Å². The topological polar surface area (TPSA) is 85.1 Å². The van der Waals surface area contributed by atoms with Crippen molar-refractivity contribution in [2.45, 2.75) is 25.2 Å². The first-order chi connectivity index (χ1) is 9.44. The second-order valence-corrected chi connectivity index (χ2v) is 6.11. The molecule has 0 aliphatic heterocycles. The van der Waals surface area contributed by atoms with Gasteiger partial charge in [-0.15, -0.1) is 0 Å². The van der Waals surface area contributed by atoms with E-state index < -0.39 is 10.0 Å². The number of aromatic nitrogens is 1. The fraction of sp³-hybridized carbons (Fsp3) is 0.214. The van der Waals surface area contributed by atoms with Crippen LogP contribution in [-0.4, -0.2) is 13.4 Å². The largest absolute Gasteiger partial charge is 0.399 e. The van der Waals surface area contributed by atoms with E-state index in [9.17, 15) is 8.42 Å². The normalized spacial score (nSPS) is 11.3. The second kappa shape index (κ2) is 5.50. The molecule has 20 heavy (non-hydrogen) atoms. The van der Waals surface area contributed by atoms with E-state index in [2.05, 4.69) is 9.71 Å². The van der Waals surface area contributed by atoms with E-state index in [1.54, 1.807) is 37.4 Å². The number of hydrogen-bond acceptors (Lipinski definition) is 4. The highest BCUT2D eigenvalue weighted by atomic mass is 32.2. The van der Waals surface area contributed by atoms with E-state index in [1.807, 2.05) is 6.92 Å². The molecule has 0 bridgehead atoms. The van der Waals surface area contributed by atoms with E-state index in [0.717, 1.165) is 5.56 Å². The quantitative estimate of drug-likeness (QED) is 0.847. The van der Waals surface area contributed by atoms with Crippen molar-refractivity contribution < 1.29 is 8.42 Å². The lowest BCUT2D eigenvalue weighted by molar-refractivity contribution is 0.600. The molecule has 0 aliphatic carbocycles. The molecule has 0 unspecified atom stereocenters. The molecule has 0 spiro atoms. The standard InChI is InChI=1S/C14H17N3O2S/c1-3-11-6-7-12(15)9-14(11)20(18,19)17-13-5-4-8-16-10(13)2/h4-9,17H,3,15H2,1-2H3. The van der Waals surface area contributed by atoms with Crippen LogP contribution in [0.15, 0.2) is 41.4 Å². The lowest BCUT2D eigenvalue weighted by atomic mass is 10.1. The number of nitrogens with two attached hydrogens (primary N) is 1. The molecule has 0 aliphatic rings. The van der Waals surface area contributed by atoms with Crippen LogP contribution in [0.2, 0.25) is 0 Å². The zero-order valence-electron chi connectivity index (χ0n) is 11.4. The van der Waals surface area contributed by atoms with Gasteiger partial charge in [-0.05, 0) is 43.2 Å². The third-order valence-electron chi connectivity index (χ3n) is 3.01. The molecule has 2 aromatic rings. The van der Waals surface area contributed by atoms with Crippen molar-refractivity contribution in [2.24, 2.45) is 0 Å². The van der Waals surface area contributed by atoms with Crippen LogP contribution in [0.1, 0.15) is 18.2 Å². The van der Waals surface area contributed by atoms with Gasteiger partial charge in [0.05, 0.1) is 16.3 Å². The molecule has 0 saturated carbocycles. The molecule has 0 atom stereocenters. The Morgan fingerprint density at radius 1 is 1.30 bits per heavy atom. The molecule has 1 aromatic heterocycles. The minimum Gasteiger partial charge on any atom is -0.399 e. The van der Waals surface area contributed by atoms with Crippen molar-refractivity contribution in [1.82, 2.24) is 4.98 Å². The van der Waals surface area contributed by atoms with Crippen molar-refractivity contribution in [3.05, 3.63) is 47.8 Å². The average molecular weight is 291 g/mol. The number of anilines is 2. The van der Waals surface area contributed by atoms with Gasteiger partial charge in [0.15, 0.2) is 0 Å². The summed E-state index contributed by atoms with van der Waals surface area (Å²) in [6, 6.07) is 8.28. The Labute approximate surface area is 118 Å². The minimum absolute atomic E-state index is 0.211. The first-order valence-corrected chi connectivity index (χ1v) is 7.75. The van der Waals surface area contributed by atoms with Gasteiger partial charge in [-0.2, -0.15) is 0 Å². The van der Waals surface area contributed by atoms with Gasteiger partial charge in [0.1, 0.15) is 0 Å². The van der Waals surface area contributed by atoms with E-state index in [-0.39, 0.29) is 4.90 Å². The predicted octanol–water partition coefficient (Wildman–Crippen LogP) is 2.34. The molecule has 5 nitrogen and oxygen atoms in total. The molecule has 0 radical (unpaired) electrons. The fourth-order valence-corrected chi connectivity index (χ4v) is 3.37. The molecule has 1 aromatic carbocycles. The van der Waals surface area contributed by atoms with Crippen molar-refractivity contribution in [3.8, 4) is 0 Å². The van der Waals surface area contributed by atoms with Gasteiger partial charge in [0, 0.05) is 11.9 Å². The molecular weight excluding hydrogens is 274 g/mol. The Morgan fingerprint density at radius 3 is 2.70 bits per heavy atom. The monoisotopic (exact) mass is 291 g/mol. The number of hydrogen-bond donors (Lipinski definition) is 2. The first-order valence-electron chi connectivity index (χ1n) is 6.27. The van der Waals surface area contributed by atoms with Crippen LogP contribution in [0.5, 0.6) is 0 Å². The Kier molecular flexibility index (Phi) is 3.94. The molecule has 6 heteroatoms. The lowest BCUT2D eigenvalue weighted by Gasteiger charge is -2.13. The maximum Gasteiger partial charge on any atom is 0.262 e. The van der Waals surface area contributed by atoms with Gasteiger partial charge < -0.3 is 5.73 Å². The van der Waals surface area contributed by atoms with Crippen LogP contribution in [0.25, 0.3) is 0 Å². The number of nitrogens with one attached hydrogen (secondary N) is 1. The number of pyridine rings is 1. The van der Waals surface area contributed by atoms with Crippen molar-refractivity contribution in [3.63, 3.8) is 0 Å². The summed E-state index contributed by atoms with van der Waals surface area (Å²) in [5.41, 5.74) is 7.94. The molecule has 0 saturated heterocycles. The average Bonchev–Trinajstić information content (AvgIpc) is 2.41. The summed E-state index contributed by atoms with van der Waals surface area (Å²) in [4.78, 5) is 4.28. The lowest BCUT2D eigenvalue weighted by Crippen LogP contribution is -2.16. The van der Waals surface area contributed by atoms with Gasteiger partial charge in [-0.25, -0.2) is 8.42 Å². The van der Waals surface area contributed by atoms with Crippen molar-refractivity contribution in [2.75, 3.05) is 10.5 Å². The maximum atomic E-state index is 12.5. The first kappa shape index (κ1) is 14.3. The summed E-state index contributed by atoms with van der Waals surface area (Å²) >= 11 is 0. The number of aryl methyl sites for hydroxylation is 2. The minimum atomic E-state index is -3.67. The van der Waals surface area contributed by atoms with Crippen LogP contribution in [0.3, 0.4) is 0 Å². The number of sulfonamides is 1. The number of nitrogens with zero attached hydrogens (tertiary/aromatic N) is 1. The Balaban J connectivity index is 2.46. The van der Waals surface area contributed by atoms with E-state index in [1.165, 1.54) is 6.07 Å². The number of nitrogen functional groups attached to an aromatic ring is 1. The summed E-state index contributed by atoms with van der Waals surface area (Å²) in [6.07, 6.45) is 2.23. The van der Waals surface area contributed by atoms with Crippen LogP contribution in [0, 0.1) is 6.92 Å². The molecular formula is C14H17N3O2S. The highest BCUT2D eigenvalue weighted by Crippen LogP contribution is 2.23. The second-order valence-electron chi connectivity index (χ2n) is 4.46. The van der Waals surface area contributed by atoms with E-state index >= 15 is 0 Å². The molecule has 1 heterocycles. The summed E-state index contributed by atoms with van der Waals surface area (Å²) < 4.78 is 27.5. The Morgan fingerprint density at radius 2 is 2.05 bits per heavy atom. The zero-order chi connectivity index (χ0) is 14.8. The predicted molar refractivity (Wildman–Crippen MR) is 80.0 cm³/mol. The van der Waals surface area contributed by atoms with Crippen molar-refractivity contribution >= 4 is 21.4 Å². The SMILES string of the molecule is CCc1ccc(N)cc1S(=O)(=O)Nc1cccnc1C. The third kappa shape index (κ3) is 2.91. The van der Waals surface area contributed by atoms with Gasteiger partial charge in [0.2, 0.25) is 0 Å². The summed E-state index contributed by atoms with van der Waals surface area (Å²) in [6.45, 7) is 3.65. The maximum absolute atomic E-state index is 12.5.